The van der Waals surface area contributed by atoms with Gasteiger partial charge in [-0.2, -0.15) is 5.10 Å². The van der Waals surface area contributed by atoms with Crippen LogP contribution < -0.4 is 10.2 Å². The van der Waals surface area contributed by atoms with Crippen LogP contribution in [0.4, 0.5) is 11.5 Å². The Kier molecular flexibility index (Phi) is 5.58. The first kappa shape index (κ1) is 23.1. The quantitative estimate of drug-likeness (QED) is 0.322. The van der Waals surface area contributed by atoms with Crippen LogP contribution in [0.1, 0.15) is 40.0 Å². The van der Waals surface area contributed by atoms with Gasteiger partial charge in [-0.3, -0.25) is 14.9 Å². The van der Waals surface area contributed by atoms with Gasteiger partial charge < -0.3 is 15.2 Å². The zero-order chi connectivity index (χ0) is 25.6. The summed E-state index contributed by atoms with van der Waals surface area (Å²) in [5.41, 5.74) is 5.55. The molecule has 6 rings (SSSR count). The fraction of sp³-hybridized carbons (Fsp3) is 0.333. The van der Waals surface area contributed by atoms with E-state index in [9.17, 15) is 4.79 Å². The van der Waals surface area contributed by atoms with Gasteiger partial charge in [-0.15, -0.1) is 0 Å². The molecule has 3 N–H and O–H groups in total. The average Bonchev–Trinajstić information content (AvgIpc) is 3.52. The number of anilines is 2. The number of piperidine rings is 1. The first-order valence-corrected chi connectivity index (χ1v) is 12.6. The summed E-state index contributed by atoms with van der Waals surface area (Å²) in [5.74, 6) is 1.48. The molecule has 0 bridgehead atoms. The van der Waals surface area contributed by atoms with Crippen molar-refractivity contribution in [2.45, 2.75) is 40.0 Å². The summed E-state index contributed by atoms with van der Waals surface area (Å²) in [5, 5.41) is 10.5. The van der Waals surface area contributed by atoms with E-state index >= 15 is 0 Å². The molecule has 0 radical (unpaired) electrons. The lowest BCUT2D eigenvalue weighted by atomic mass is 9.95. The normalized spacial score (nSPS) is 14.4. The molecule has 1 aliphatic heterocycles. The molecule has 37 heavy (non-hydrogen) atoms. The Morgan fingerprint density at radius 2 is 1.84 bits per heavy atom. The van der Waals surface area contributed by atoms with Crippen LogP contribution in [0.2, 0.25) is 0 Å². The van der Waals surface area contributed by atoms with E-state index in [2.05, 4.69) is 35.4 Å². The van der Waals surface area contributed by atoms with Gasteiger partial charge in [0, 0.05) is 36.5 Å². The molecule has 0 saturated carbocycles. The van der Waals surface area contributed by atoms with Crippen molar-refractivity contribution in [1.29, 1.82) is 0 Å². The van der Waals surface area contributed by atoms with Crippen LogP contribution >= 0.6 is 0 Å². The van der Waals surface area contributed by atoms with Crippen molar-refractivity contribution in [3.05, 3.63) is 42.9 Å². The van der Waals surface area contributed by atoms with Crippen molar-refractivity contribution in [3.63, 3.8) is 0 Å². The van der Waals surface area contributed by atoms with Gasteiger partial charge in [0.2, 0.25) is 5.91 Å². The molecule has 10 heteroatoms. The number of pyridine rings is 3. The zero-order valence-electron chi connectivity index (χ0n) is 21.2. The van der Waals surface area contributed by atoms with E-state index in [0.29, 0.717) is 22.7 Å². The van der Waals surface area contributed by atoms with Crippen molar-refractivity contribution < 1.29 is 4.79 Å². The molecule has 0 aliphatic carbocycles. The van der Waals surface area contributed by atoms with Gasteiger partial charge in [0.05, 0.1) is 28.6 Å². The number of H-pyrrole nitrogens is 2. The molecule has 1 aliphatic rings. The lowest BCUT2D eigenvalue weighted by Crippen LogP contribution is -2.30. The minimum absolute atomic E-state index is 0.0738. The van der Waals surface area contributed by atoms with E-state index in [1.54, 1.807) is 12.4 Å². The van der Waals surface area contributed by atoms with Gasteiger partial charge in [0.15, 0.2) is 17.3 Å². The predicted octanol–water partition coefficient (Wildman–Crippen LogP) is 4.93. The maximum Gasteiger partial charge on any atom is 0.229 e. The molecule has 6 heterocycles. The smallest absolute Gasteiger partial charge is 0.229 e. The van der Waals surface area contributed by atoms with Crippen molar-refractivity contribution in [2.24, 2.45) is 5.41 Å². The van der Waals surface area contributed by atoms with Crippen LogP contribution in [-0.4, -0.2) is 54.1 Å². The number of hydrogen-bond donors (Lipinski definition) is 3. The molecule has 1 fully saturated rings. The van der Waals surface area contributed by atoms with E-state index in [-0.39, 0.29) is 5.91 Å². The summed E-state index contributed by atoms with van der Waals surface area (Å²) in [6.45, 7) is 7.61. The van der Waals surface area contributed by atoms with Crippen molar-refractivity contribution >= 4 is 39.5 Å². The number of carbonyl (C=O) groups is 1. The summed E-state index contributed by atoms with van der Waals surface area (Å²) < 4.78 is 0. The first-order chi connectivity index (χ1) is 17.9. The lowest BCUT2D eigenvalue weighted by molar-refractivity contribution is -0.123. The number of fused-ring (bicyclic) bond motifs is 2. The number of aromatic amines is 2. The highest BCUT2D eigenvalue weighted by Crippen LogP contribution is 2.31. The number of nitrogens with one attached hydrogen (secondary N) is 3. The van der Waals surface area contributed by atoms with E-state index in [1.165, 1.54) is 19.3 Å². The molecule has 10 nitrogen and oxygen atoms in total. The van der Waals surface area contributed by atoms with Crippen molar-refractivity contribution in [3.8, 4) is 22.8 Å². The molecule has 0 aromatic carbocycles. The number of hydrogen-bond acceptors (Lipinski definition) is 7. The number of amides is 1. The van der Waals surface area contributed by atoms with E-state index < -0.39 is 5.41 Å². The number of nitrogens with zero attached hydrogens (tertiary/aromatic N) is 6. The second-order valence-electron chi connectivity index (χ2n) is 10.5. The van der Waals surface area contributed by atoms with Gasteiger partial charge in [-0.1, -0.05) is 20.8 Å². The van der Waals surface area contributed by atoms with Gasteiger partial charge >= 0.3 is 0 Å². The fourth-order valence-corrected chi connectivity index (χ4v) is 4.56. The molecular formula is C27H29N9O. The van der Waals surface area contributed by atoms with Crippen molar-refractivity contribution in [1.82, 2.24) is 35.1 Å². The maximum absolute atomic E-state index is 12.4. The van der Waals surface area contributed by atoms with E-state index in [1.807, 2.05) is 51.2 Å². The largest absolute Gasteiger partial charge is 0.355 e. The Bertz CT molecular complexity index is 1610. The van der Waals surface area contributed by atoms with Crippen LogP contribution in [0.15, 0.2) is 42.9 Å². The molecule has 1 amide bonds. The molecule has 5 aromatic heterocycles. The molecular weight excluding hydrogens is 466 g/mol. The SMILES string of the molecule is CC(C)(C)C(=O)Nc1cncc(-c2ccc3[nH]nc(-c4nc5c(N6CCCCC6)nccc5[nH]4)c3n2)c1. The Balaban J connectivity index is 1.37. The summed E-state index contributed by atoms with van der Waals surface area (Å²) in [6, 6.07) is 7.67. The van der Waals surface area contributed by atoms with Gasteiger partial charge in [-0.05, 0) is 43.5 Å². The van der Waals surface area contributed by atoms with Gasteiger partial charge in [0.25, 0.3) is 0 Å². The van der Waals surface area contributed by atoms with Crippen LogP contribution in [-0.2, 0) is 4.79 Å². The van der Waals surface area contributed by atoms with Gasteiger partial charge in [0.1, 0.15) is 11.0 Å². The number of imidazole rings is 1. The number of aromatic nitrogens is 7. The third-order valence-corrected chi connectivity index (χ3v) is 6.64. The Hall–Kier alpha value is -4.34. The van der Waals surface area contributed by atoms with Crippen LogP contribution in [0.25, 0.3) is 44.8 Å². The molecule has 0 atom stereocenters. The summed E-state index contributed by atoms with van der Waals surface area (Å²) >= 11 is 0. The lowest BCUT2D eigenvalue weighted by Gasteiger charge is -2.27. The number of rotatable bonds is 4. The van der Waals surface area contributed by atoms with Crippen LogP contribution in [0.5, 0.6) is 0 Å². The molecule has 5 aromatic rings. The molecule has 188 valence electrons. The Morgan fingerprint density at radius 1 is 1.00 bits per heavy atom. The maximum atomic E-state index is 12.4. The summed E-state index contributed by atoms with van der Waals surface area (Å²) in [7, 11) is 0. The third-order valence-electron chi connectivity index (χ3n) is 6.64. The molecule has 0 spiro atoms. The summed E-state index contributed by atoms with van der Waals surface area (Å²) in [4.78, 5) is 36.9. The topological polar surface area (TPSA) is 128 Å². The highest BCUT2D eigenvalue weighted by molar-refractivity contribution is 5.96. The standard InChI is InChI=1S/C27H29N9O/c1-27(2,3)26(37)30-17-13-16(14-28-15-17)18-7-8-20-21(31-18)23(35-34-20)24-32-19-9-10-29-25(22(19)33-24)36-11-5-4-6-12-36/h7-10,13-15H,4-6,11-12H2,1-3H3,(H,30,37)(H,32,33)(H,34,35). The minimum Gasteiger partial charge on any atom is -0.355 e. The minimum atomic E-state index is -0.505. The zero-order valence-corrected chi connectivity index (χ0v) is 21.2. The Labute approximate surface area is 214 Å². The predicted molar refractivity (Wildman–Crippen MR) is 144 cm³/mol. The summed E-state index contributed by atoms with van der Waals surface area (Å²) in [6.07, 6.45) is 8.79. The van der Waals surface area contributed by atoms with Crippen LogP contribution in [0.3, 0.4) is 0 Å². The second-order valence-corrected chi connectivity index (χ2v) is 10.5. The number of carbonyl (C=O) groups excluding carboxylic acids is 1. The highest BCUT2D eigenvalue weighted by atomic mass is 16.2. The fourth-order valence-electron chi connectivity index (χ4n) is 4.56. The molecule has 0 unspecified atom stereocenters. The monoisotopic (exact) mass is 495 g/mol. The first-order valence-electron chi connectivity index (χ1n) is 12.6. The van der Waals surface area contributed by atoms with Crippen LogP contribution in [0, 0.1) is 5.41 Å². The molecule has 1 saturated heterocycles. The van der Waals surface area contributed by atoms with E-state index in [0.717, 1.165) is 46.7 Å². The average molecular weight is 496 g/mol. The second kappa shape index (κ2) is 8.95. The van der Waals surface area contributed by atoms with E-state index in [4.69, 9.17) is 9.97 Å². The van der Waals surface area contributed by atoms with Gasteiger partial charge in [-0.25, -0.2) is 15.0 Å². The van der Waals surface area contributed by atoms with Crippen molar-refractivity contribution in [2.75, 3.05) is 23.3 Å². The highest BCUT2D eigenvalue weighted by Gasteiger charge is 2.22. The Morgan fingerprint density at radius 3 is 2.65 bits per heavy atom. The third kappa shape index (κ3) is 4.39.